The molecule has 0 aliphatic rings. The summed E-state index contributed by atoms with van der Waals surface area (Å²) in [6, 6.07) is 13.5. The van der Waals surface area contributed by atoms with Crippen LogP contribution in [0.25, 0.3) is 0 Å². The predicted molar refractivity (Wildman–Crippen MR) is 110 cm³/mol. The fraction of sp³-hybridized carbons (Fsp3) is 0.182. The van der Waals surface area contributed by atoms with Crippen LogP contribution in [-0.2, 0) is 6.61 Å². The van der Waals surface area contributed by atoms with Crippen LogP contribution in [0.4, 0.5) is 4.39 Å². The SMILES string of the molecule is Cc1[nH][nH]c(=O)c1C(c1ccc(OCc2ccccc2F)cc1)c1c(C)[nH][nH]c1=O. The first-order valence-corrected chi connectivity index (χ1v) is 9.46. The zero-order valence-electron chi connectivity index (χ0n) is 16.5. The molecule has 2 aromatic carbocycles. The van der Waals surface area contributed by atoms with Crippen molar-refractivity contribution in [1.29, 1.82) is 0 Å². The third-order valence-electron chi connectivity index (χ3n) is 5.17. The van der Waals surface area contributed by atoms with E-state index in [2.05, 4.69) is 20.4 Å². The number of aryl methyl sites for hydroxylation is 2. The number of rotatable bonds is 6. The number of hydrogen-bond donors (Lipinski definition) is 4. The molecular weight excluding hydrogens is 387 g/mol. The summed E-state index contributed by atoms with van der Waals surface area (Å²) in [5.41, 5.74) is 2.93. The van der Waals surface area contributed by atoms with E-state index in [-0.39, 0.29) is 23.5 Å². The van der Waals surface area contributed by atoms with E-state index < -0.39 is 5.92 Å². The second-order valence-electron chi connectivity index (χ2n) is 7.12. The van der Waals surface area contributed by atoms with E-state index in [0.29, 0.717) is 33.8 Å². The Kier molecular flexibility index (Phi) is 5.14. The molecule has 0 atom stereocenters. The predicted octanol–water partition coefficient (Wildman–Crippen LogP) is 3.23. The van der Waals surface area contributed by atoms with Gasteiger partial charge in [-0.15, -0.1) is 0 Å². The van der Waals surface area contributed by atoms with Gasteiger partial charge in [0.25, 0.3) is 11.1 Å². The van der Waals surface area contributed by atoms with Gasteiger partial charge in [0.05, 0.1) is 11.1 Å². The zero-order chi connectivity index (χ0) is 21.3. The van der Waals surface area contributed by atoms with Crippen LogP contribution in [0.15, 0.2) is 58.1 Å². The molecule has 4 aromatic rings. The van der Waals surface area contributed by atoms with Crippen LogP contribution < -0.4 is 15.9 Å². The van der Waals surface area contributed by atoms with E-state index in [4.69, 9.17) is 4.74 Å². The van der Waals surface area contributed by atoms with Crippen molar-refractivity contribution >= 4 is 0 Å². The number of ether oxygens (including phenoxy) is 1. The molecular formula is C22H21FN4O3. The Labute approximate surface area is 170 Å². The van der Waals surface area contributed by atoms with Gasteiger partial charge >= 0.3 is 0 Å². The third-order valence-corrected chi connectivity index (χ3v) is 5.17. The maximum absolute atomic E-state index is 13.8. The van der Waals surface area contributed by atoms with E-state index in [1.165, 1.54) is 6.07 Å². The Morgan fingerprint density at radius 3 is 1.90 bits per heavy atom. The molecule has 0 unspecified atom stereocenters. The van der Waals surface area contributed by atoms with Gasteiger partial charge in [0.15, 0.2) is 0 Å². The van der Waals surface area contributed by atoms with Crippen LogP contribution >= 0.6 is 0 Å². The Morgan fingerprint density at radius 2 is 1.40 bits per heavy atom. The van der Waals surface area contributed by atoms with Gasteiger partial charge in [0, 0.05) is 22.9 Å². The Hall–Kier alpha value is -3.81. The van der Waals surface area contributed by atoms with Crippen molar-refractivity contribution in [2.75, 3.05) is 0 Å². The highest BCUT2D eigenvalue weighted by molar-refractivity contribution is 5.45. The summed E-state index contributed by atoms with van der Waals surface area (Å²) in [7, 11) is 0. The van der Waals surface area contributed by atoms with E-state index in [0.717, 1.165) is 5.56 Å². The summed E-state index contributed by atoms with van der Waals surface area (Å²) in [5, 5.41) is 10.8. The molecule has 0 fully saturated rings. The third kappa shape index (κ3) is 3.59. The molecule has 2 heterocycles. The topological polar surface area (TPSA) is 107 Å². The molecule has 30 heavy (non-hydrogen) atoms. The van der Waals surface area contributed by atoms with Crippen molar-refractivity contribution in [3.05, 3.63) is 109 Å². The highest BCUT2D eigenvalue weighted by Gasteiger charge is 2.27. The lowest BCUT2D eigenvalue weighted by molar-refractivity contribution is 0.300. The summed E-state index contributed by atoms with van der Waals surface area (Å²) in [5.74, 6) is -0.325. The van der Waals surface area contributed by atoms with Crippen LogP contribution in [0.3, 0.4) is 0 Å². The van der Waals surface area contributed by atoms with Crippen LogP contribution in [0, 0.1) is 19.7 Å². The number of H-pyrrole nitrogens is 4. The van der Waals surface area contributed by atoms with Crippen molar-refractivity contribution in [3.8, 4) is 5.75 Å². The minimum atomic E-state index is -0.560. The van der Waals surface area contributed by atoms with Gasteiger partial charge in [-0.2, -0.15) is 0 Å². The van der Waals surface area contributed by atoms with Crippen molar-refractivity contribution in [2.45, 2.75) is 26.4 Å². The van der Waals surface area contributed by atoms with Gasteiger partial charge in [0.2, 0.25) is 0 Å². The lowest BCUT2D eigenvalue weighted by Crippen LogP contribution is -2.20. The minimum absolute atomic E-state index is 0.0998. The van der Waals surface area contributed by atoms with Crippen LogP contribution in [0.5, 0.6) is 5.75 Å². The average Bonchev–Trinajstić information content (AvgIpc) is 3.25. The number of benzene rings is 2. The largest absolute Gasteiger partial charge is 0.489 e. The lowest BCUT2D eigenvalue weighted by atomic mass is 9.85. The van der Waals surface area contributed by atoms with Crippen LogP contribution in [0.1, 0.15) is 39.6 Å². The summed E-state index contributed by atoms with van der Waals surface area (Å²) < 4.78 is 19.5. The fourth-order valence-corrected chi connectivity index (χ4v) is 3.62. The second-order valence-corrected chi connectivity index (χ2v) is 7.12. The lowest BCUT2D eigenvalue weighted by Gasteiger charge is -2.16. The molecule has 154 valence electrons. The summed E-state index contributed by atoms with van der Waals surface area (Å²) in [6.07, 6.45) is 0. The minimum Gasteiger partial charge on any atom is -0.489 e. The molecule has 0 bridgehead atoms. The van der Waals surface area contributed by atoms with Gasteiger partial charge in [-0.1, -0.05) is 30.3 Å². The van der Waals surface area contributed by atoms with Gasteiger partial charge < -0.3 is 14.9 Å². The highest BCUT2D eigenvalue weighted by atomic mass is 19.1. The number of hydrogen-bond acceptors (Lipinski definition) is 3. The summed E-state index contributed by atoms with van der Waals surface area (Å²) in [4.78, 5) is 24.9. The summed E-state index contributed by atoms with van der Waals surface area (Å²) in [6.45, 7) is 3.66. The van der Waals surface area contributed by atoms with E-state index in [9.17, 15) is 14.0 Å². The maximum Gasteiger partial charge on any atom is 0.268 e. The quantitative estimate of drug-likeness (QED) is 0.393. The number of nitrogens with one attached hydrogen (secondary N) is 4. The maximum atomic E-state index is 13.8. The van der Waals surface area contributed by atoms with Crippen LogP contribution in [0.2, 0.25) is 0 Å². The number of aromatic nitrogens is 4. The van der Waals surface area contributed by atoms with Gasteiger partial charge in [-0.25, -0.2) is 4.39 Å². The molecule has 4 N–H and O–H groups in total. The van der Waals surface area contributed by atoms with Crippen molar-refractivity contribution < 1.29 is 9.13 Å². The number of halogens is 1. The van der Waals surface area contributed by atoms with Crippen LogP contribution in [-0.4, -0.2) is 20.4 Å². The molecule has 0 radical (unpaired) electrons. The average molecular weight is 408 g/mol. The van der Waals surface area contributed by atoms with E-state index in [1.807, 2.05) is 0 Å². The Bertz CT molecular complexity index is 1230. The molecule has 4 rings (SSSR count). The number of aromatic amines is 4. The molecule has 2 aromatic heterocycles. The smallest absolute Gasteiger partial charge is 0.268 e. The molecule has 0 saturated heterocycles. The monoisotopic (exact) mass is 408 g/mol. The molecule has 0 saturated carbocycles. The summed E-state index contributed by atoms with van der Waals surface area (Å²) >= 11 is 0. The van der Waals surface area contributed by atoms with Gasteiger partial charge in [-0.05, 0) is 37.6 Å². The molecule has 0 aliphatic carbocycles. The van der Waals surface area contributed by atoms with Gasteiger partial charge in [0.1, 0.15) is 18.2 Å². The first kappa shape index (κ1) is 19.5. The second kappa shape index (κ2) is 7.90. The Balaban J connectivity index is 1.68. The zero-order valence-corrected chi connectivity index (χ0v) is 16.5. The normalized spacial score (nSPS) is 11.2. The fourth-order valence-electron chi connectivity index (χ4n) is 3.62. The molecule has 0 amide bonds. The highest BCUT2D eigenvalue weighted by Crippen LogP contribution is 2.32. The molecule has 0 aliphatic heterocycles. The Morgan fingerprint density at radius 1 is 0.833 bits per heavy atom. The van der Waals surface area contributed by atoms with E-state index >= 15 is 0 Å². The first-order valence-electron chi connectivity index (χ1n) is 9.46. The molecule has 0 spiro atoms. The standard InChI is InChI=1S/C22H21FN4O3/c1-12-18(21(28)26-24-12)20(19-13(2)25-27-22(19)29)14-7-9-16(10-8-14)30-11-15-5-3-4-6-17(15)23/h3-10,20H,11H2,1-2H3,(H2,24,26,28)(H2,25,27,29). The molecule has 8 heteroatoms. The van der Waals surface area contributed by atoms with Crippen molar-refractivity contribution in [3.63, 3.8) is 0 Å². The first-order chi connectivity index (χ1) is 14.5. The van der Waals surface area contributed by atoms with Gasteiger partial charge in [-0.3, -0.25) is 19.8 Å². The van der Waals surface area contributed by atoms with Crippen molar-refractivity contribution in [1.82, 2.24) is 20.4 Å². The van der Waals surface area contributed by atoms with Crippen molar-refractivity contribution in [2.24, 2.45) is 0 Å². The van der Waals surface area contributed by atoms with E-state index in [1.54, 1.807) is 56.3 Å². The molecule has 7 nitrogen and oxygen atoms in total.